The SMILES string of the molecule is CCNc1cc(C(F)F)nc2c(F)cccc12. The third kappa shape index (κ3) is 2.18. The van der Waals surface area contributed by atoms with Gasteiger partial charge in [0.15, 0.2) is 0 Å². The maximum absolute atomic E-state index is 13.5. The van der Waals surface area contributed by atoms with E-state index in [1.165, 1.54) is 18.2 Å². The number of halogens is 3. The first kappa shape index (κ1) is 11.7. The number of hydrogen-bond donors (Lipinski definition) is 1. The highest BCUT2D eigenvalue weighted by Crippen LogP contribution is 2.28. The minimum absolute atomic E-state index is 0.0266. The van der Waals surface area contributed by atoms with Gasteiger partial charge >= 0.3 is 0 Å². The Morgan fingerprint density at radius 1 is 1.35 bits per heavy atom. The molecule has 0 spiro atoms. The zero-order chi connectivity index (χ0) is 12.4. The van der Waals surface area contributed by atoms with Crippen molar-refractivity contribution in [2.24, 2.45) is 0 Å². The van der Waals surface area contributed by atoms with Gasteiger partial charge in [0.05, 0.1) is 0 Å². The van der Waals surface area contributed by atoms with Gasteiger partial charge in [0.25, 0.3) is 6.43 Å². The molecule has 0 fully saturated rings. The van der Waals surface area contributed by atoms with E-state index in [0.717, 1.165) is 0 Å². The number of nitrogens with one attached hydrogen (secondary N) is 1. The van der Waals surface area contributed by atoms with Gasteiger partial charge in [-0.25, -0.2) is 18.2 Å². The molecule has 0 aliphatic rings. The molecule has 2 nitrogen and oxygen atoms in total. The second-order valence-corrected chi connectivity index (χ2v) is 3.56. The number of nitrogens with zero attached hydrogens (tertiary/aromatic N) is 1. The molecule has 0 saturated heterocycles. The van der Waals surface area contributed by atoms with Crippen molar-refractivity contribution in [2.75, 3.05) is 11.9 Å². The molecule has 0 amide bonds. The smallest absolute Gasteiger partial charge is 0.280 e. The maximum atomic E-state index is 13.5. The van der Waals surface area contributed by atoms with Crippen LogP contribution in [0.1, 0.15) is 19.0 Å². The summed E-state index contributed by atoms with van der Waals surface area (Å²) in [4.78, 5) is 3.65. The average Bonchev–Trinajstić information content (AvgIpc) is 2.30. The number of aromatic nitrogens is 1. The van der Waals surface area contributed by atoms with Crippen LogP contribution in [-0.2, 0) is 0 Å². The van der Waals surface area contributed by atoms with Crippen LogP contribution in [-0.4, -0.2) is 11.5 Å². The van der Waals surface area contributed by atoms with E-state index in [0.29, 0.717) is 17.6 Å². The van der Waals surface area contributed by atoms with Gasteiger partial charge < -0.3 is 5.32 Å². The van der Waals surface area contributed by atoms with Crippen molar-refractivity contribution >= 4 is 16.6 Å². The van der Waals surface area contributed by atoms with Gasteiger partial charge in [-0.1, -0.05) is 12.1 Å². The molecule has 1 N–H and O–H groups in total. The lowest BCUT2D eigenvalue weighted by Gasteiger charge is -2.10. The van der Waals surface area contributed by atoms with Crippen molar-refractivity contribution < 1.29 is 13.2 Å². The number of alkyl halides is 2. The molecule has 0 saturated carbocycles. The lowest BCUT2D eigenvalue weighted by Crippen LogP contribution is -2.01. The monoisotopic (exact) mass is 240 g/mol. The van der Waals surface area contributed by atoms with E-state index >= 15 is 0 Å². The van der Waals surface area contributed by atoms with Crippen molar-refractivity contribution in [3.8, 4) is 0 Å². The van der Waals surface area contributed by atoms with Crippen LogP contribution in [0, 0.1) is 5.82 Å². The largest absolute Gasteiger partial charge is 0.385 e. The minimum atomic E-state index is -2.71. The van der Waals surface area contributed by atoms with Gasteiger partial charge in [0, 0.05) is 17.6 Å². The first-order chi connectivity index (χ1) is 8.13. The molecule has 2 aromatic rings. The molecule has 0 unspecified atom stereocenters. The molecule has 5 heteroatoms. The van der Waals surface area contributed by atoms with Crippen LogP contribution in [0.2, 0.25) is 0 Å². The summed E-state index contributed by atoms with van der Waals surface area (Å²) >= 11 is 0. The van der Waals surface area contributed by atoms with E-state index in [1.807, 2.05) is 6.92 Å². The van der Waals surface area contributed by atoms with Crippen LogP contribution in [0.15, 0.2) is 24.3 Å². The Labute approximate surface area is 96.5 Å². The summed E-state index contributed by atoms with van der Waals surface area (Å²) in [6.45, 7) is 2.41. The zero-order valence-corrected chi connectivity index (χ0v) is 9.17. The van der Waals surface area contributed by atoms with E-state index < -0.39 is 17.9 Å². The predicted octanol–water partition coefficient (Wildman–Crippen LogP) is 3.74. The number of anilines is 1. The minimum Gasteiger partial charge on any atom is -0.385 e. The highest BCUT2D eigenvalue weighted by molar-refractivity contribution is 5.91. The molecule has 17 heavy (non-hydrogen) atoms. The highest BCUT2D eigenvalue weighted by atomic mass is 19.3. The normalized spacial score (nSPS) is 11.1. The lowest BCUT2D eigenvalue weighted by atomic mass is 10.1. The number of pyridine rings is 1. The van der Waals surface area contributed by atoms with Crippen molar-refractivity contribution in [1.29, 1.82) is 0 Å². The molecular weight excluding hydrogens is 229 g/mol. The number of fused-ring (bicyclic) bond motifs is 1. The van der Waals surface area contributed by atoms with Gasteiger partial charge in [-0.2, -0.15) is 0 Å². The summed E-state index contributed by atoms with van der Waals surface area (Å²) in [5.74, 6) is -0.593. The van der Waals surface area contributed by atoms with Gasteiger partial charge in [0.2, 0.25) is 0 Å². The molecule has 0 bridgehead atoms. The van der Waals surface area contributed by atoms with E-state index in [1.54, 1.807) is 6.07 Å². The van der Waals surface area contributed by atoms with Gasteiger partial charge in [0.1, 0.15) is 17.0 Å². The molecule has 1 aromatic carbocycles. The standard InChI is InChI=1S/C12H11F3N2/c1-2-16-9-6-10(12(14)15)17-11-7(9)4-3-5-8(11)13/h3-6,12H,2H2,1H3,(H,16,17). The zero-order valence-electron chi connectivity index (χ0n) is 9.17. The Balaban J connectivity index is 2.72. The van der Waals surface area contributed by atoms with Crippen LogP contribution in [0.5, 0.6) is 0 Å². The average molecular weight is 240 g/mol. The van der Waals surface area contributed by atoms with Crippen LogP contribution in [0.25, 0.3) is 10.9 Å². The van der Waals surface area contributed by atoms with Gasteiger partial charge in [-0.05, 0) is 19.1 Å². The Hall–Kier alpha value is -1.78. The van der Waals surface area contributed by atoms with Crippen molar-refractivity contribution in [3.05, 3.63) is 35.8 Å². The van der Waals surface area contributed by atoms with Crippen LogP contribution in [0.3, 0.4) is 0 Å². The molecule has 0 aliphatic heterocycles. The highest BCUT2D eigenvalue weighted by Gasteiger charge is 2.14. The molecule has 2 rings (SSSR count). The lowest BCUT2D eigenvalue weighted by molar-refractivity contribution is 0.146. The van der Waals surface area contributed by atoms with Crippen molar-refractivity contribution in [3.63, 3.8) is 0 Å². The topological polar surface area (TPSA) is 24.9 Å². The Kier molecular flexibility index (Phi) is 3.17. The number of rotatable bonds is 3. The Morgan fingerprint density at radius 3 is 2.76 bits per heavy atom. The molecule has 0 radical (unpaired) electrons. The summed E-state index contributed by atoms with van der Waals surface area (Å²) in [6.07, 6.45) is -2.71. The van der Waals surface area contributed by atoms with Crippen LogP contribution >= 0.6 is 0 Å². The summed E-state index contributed by atoms with van der Waals surface area (Å²) in [7, 11) is 0. The fraction of sp³-hybridized carbons (Fsp3) is 0.250. The second kappa shape index (κ2) is 4.61. The molecule has 1 heterocycles. The number of hydrogen-bond acceptors (Lipinski definition) is 2. The summed E-state index contributed by atoms with van der Waals surface area (Å²) in [6, 6.07) is 5.65. The van der Waals surface area contributed by atoms with Gasteiger partial charge in [-0.15, -0.1) is 0 Å². The second-order valence-electron chi connectivity index (χ2n) is 3.56. The summed E-state index contributed by atoms with van der Waals surface area (Å²) < 4.78 is 38.8. The molecule has 0 aliphatic carbocycles. The molecular formula is C12H11F3N2. The number of para-hydroxylation sites is 1. The quantitative estimate of drug-likeness (QED) is 0.883. The van der Waals surface area contributed by atoms with E-state index in [-0.39, 0.29) is 5.52 Å². The molecule has 0 atom stereocenters. The number of benzene rings is 1. The van der Waals surface area contributed by atoms with Crippen LogP contribution < -0.4 is 5.32 Å². The Bertz CT molecular complexity index is 541. The first-order valence-corrected chi connectivity index (χ1v) is 5.24. The van der Waals surface area contributed by atoms with Crippen molar-refractivity contribution in [2.45, 2.75) is 13.3 Å². The third-order valence-corrected chi connectivity index (χ3v) is 2.40. The predicted molar refractivity (Wildman–Crippen MR) is 60.8 cm³/mol. The summed E-state index contributed by atoms with van der Waals surface area (Å²) in [5.41, 5.74) is 0.0344. The third-order valence-electron chi connectivity index (χ3n) is 2.40. The van der Waals surface area contributed by atoms with E-state index in [4.69, 9.17) is 0 Å². The Morgan fingerprint density at radius 2 is 2.12 bits per heavy atom. The van der Waals surface area contributed by atoms with E-state index in [2.05, 4.69) is 10.3 Å². The molecule has 1 aromatic heterocycles. The van der Waals surface area contributed by atoms with Gasteiger partial charge in [-0.3, -0.25) is 0 Å². The van der Waals surface area contributed by atoms with Crippen LogP contribution in [0.4, 0.5) is 18.9 Å². The fourth-order valence-electron chi connectivity index (χ4n) is 1.68. The maximum Gasteiger partial charge on any atom is 0.280 e. The van der Waals surface area contributed by atoms with Crippen molar-refractivity contribution in [1.82, 2.24) is 4.98 Å². The molecule has 90 valence electrons. The first-order valence-electron chi connectivity index (χ1n) is 5.24. The van der Waals surface area contributed by atoms with E-state index in [9.17, 15) is 13.2 Å². The summed E-state index contributed by atoms with van der Waals surface area (Å²) in [5, 5.41) is 3.44. The fourth-order valence-corrected chi connectivity index (χ4v) is 1.68.